The number of rotatable bonds is 3. The van der Waals surface area contributed by atoms with Crippen LogP contribution in [0.1, 0.15) is 0 Å². The van der Waals surface area contributed by atoms with E-state index in [0.717, 1.165) is 82.9 Å². The fourth-order valence-electron chi connectivity index (χ4n) is 7.00. The Morgan fingerprint density at radius 3 is 2.21 bits per heavy atom. The average Bonchev–Trinajstić information content (AvgIpc) is 3.79. The quantitative estimate of drug-likeness (QED) is 0.189. The Morgan fingerprint density at radius 2 is 1.34 bits per heavy atom. The van der Waals surface area contributed by atoms with Crippen LogP contribution in [0.3, 0.4) is 0 Å². The highest BCUT2D eigenvalue weighted by atomic mass is 16.4. The summed E-state index contributed by atoms with van der Waals surface area (Å²) in [5, 5.41) is 3.26. The first-order chi connectivity index (χ1) is 23.2. The summed E-state index contributed by atoms with van der Waals surface area (Å²) in [5.74, 6) is 0.559. The number of imidazole rings is 1. The topological polar surface area (TPSA) is 52.6 Å². The SMILES string of the molecule is [C-]#[N+]c1ccc2c3cc(-c4ccc(-c5nc6ccccc6c6nc7oc8ccccc8n7c56)cc4)ccc3n(-c3ccccc3)c2c1. The third-order valence-electron chi connectivity index (χ3n) is 9.15. The molecule has 0 fully saturated rings. The van der Waals surface area contributed by atoms with Crippen LogP contribution in [0, 0.1) is 6.57 Å². The number of hydrogen-bond acceptors (Lipinski definition) is 3. The third-order valence-corrected chi connectivity index (χ3v) is 9.15. The maximum atomic E-state index is 7.60. The Hall–Kier alpha value is -6.71. The number of fused-ring (bicyclic) bond motifs is 10. The molecule has 10 rings (SSSR count). The molecule has 4 aromatic heterocycles. The molecular formula is C41H23N5O. The molecule has 0 aliphatic heterocycles. The largest absolute Gasteiger partial charge is 0.423 e. The van der Waals surface area contributed by atoms with E-state index in [0.29, 0.717) is 11.5 Å². The van der Waals surface area contributed by atoms with E-state index in [1.54, 1.807) is 0 Å². The van der Waals surface area contributed by atoms with E-state index < -0.39 is 0 Å². The Kier molecular flexibility index (Phi) is 5.25. The zero-order valence-electron chi connectivity index (χ0n) is 24.9. The molecule has 0 spiro atoms. The van der Waals surface area contributed by atoms with Crippen LogP contribution in [0.2, 0.25) is 0 Å². The normalized spacial score (nSPS) is 11.8. The molecule has 0 N–H and O–H groups in total. The first-order valence-electron chi connectivity index (χ1n) is 15.5. The van der Waals surface area contributed by atoms with Crippen molar-refractivity contribution in [1.29, 1.82) is 0 Å². The van der Waals surface area contributed by atoms with Crippen molar-refractivity contribution in [3.63, 3.8) is 0 Å². The second-order valence-corrected chi connectivity index (χ2v) is 11.8. The van der Waals surface area contributed by atoms with Gasteiger partial charge in [-0.25, -0.2) is 9.83 Å². The van der Waals surface area contributed by atoms with Crippen molar-refractivity contribution in [2.24, 2.45) is 0 Å². The molecule has 6 aromatic carbocycles. The molecule has 10 aromatic rings. The van der Waals surface area contributed by atoms with Gasteiger partial charge in [-0.15, -0.1) is 0 Å². The molecule has 47 heavy (non-hydrogen) atoms. The van der Waals surface area contributed by atoms with Crippen LogP contribution < -0.4 is 0 Å². The van der Waals surface area contributed by atoms with E-state index in [1.807, 2.05) is 66.7 Å². The highest BCUT2D eigenvalue weighted by Crippen LogP contribution is 2.39. The molecule has 0 unspecified atom stereocenters. The molecule has 0 aliphatic rings. The highest BCUT2D eigenvalue weighted by Gasteiger charge is 2.21. The Bertz CT molecular complexity index is 2900. The molecule has 0 saturated heterocycles. The van der Waals surface area contributed by atoms with Crippen LogP contribution in [-0.2, 0) is 0 Å². The van der Waals surface area contributed by atoms with Crippen molar-refractivity contribution in [1.82, 2.24) is 18.9 Å². The summed E-state index contributed by atoms with van der Waals surface area (Å²) >= 11 is 0. The summed E-state index contributed by atoms with van der Waals surface area (Å²) in [6.07, 6.45) is 0. The predicted octanol–water partition coefficient (Wildman–Crippen LogP) is 10.8. The summed E-state index contributed by atoms with van der Waals surface area (Å²) in [6.45, 7) is 7.60. The van der Waals surface area contributed by atoms with Crippen molar-refractivity contribution in [3.05, 3.63) is 151 Å². The lowest BCUT2D eigenvalue weighted by molar-refractivity contribution is 0.643. The minimum atomic E-state index is 0.559. The summed E-state index contributed by atoms with van der Waals surface area (Å²) in [5.41, 5.74) is 12.4. The number of aromatic nitrogens is 4. The van der Waals surface area contributed by atoms with Crippen molar-refractivity contribution in [2.45, 2.75) is 0 Å². The molecular weight excluding hydrogens is 578 g/mol. The number of pyridine rings is 1. The summed E-state index contributed by atoms with van der Waals surface area (Å²) < 4.78 is 10.5. The fraction of sp³-hybridized carbons (Fsp3) is 0. The van der Waals surface area contributed by atoms with Crippen LogP contribution in [0.25, 0.3) is 93.6 Å². The van der Waals surface area contributed by atoms with Crippen LogP contribution in [0.4, 0.5) is 5.69 Å². The van der Waals surface area contributed by atoms with E-state index in [1.165, 1.54) is 0 Å². The smallest absolute Gasteiger partial charge is 0.307 e. The van der Waals surface area contributed by atoms with Crippen molar-refractivity contribution >= 4 is 66.4 Å². The second kappa shape index (κ2) is 9.64. The summed E-state index contributed by atoms with van der Waals surface area (Å²) in [4.78, 5) is 13.8. The van der Waals surface area contributed by atoms with Gasteiger partial charge >= 0.3 is 5.84 Å². The molecule has 0 saturated carbocycles. The van der Waals surface area contributed by atoms with Gasteiger partial charge in [-0.1, -0.05) is 91.0 Å². The fourth-order valence-corrected chi connectivity index (χ4v) is 7.00. The molecule has 4 heterocycles. The zero-order valence-corrected chi connectivity index (χ0v) is 24.9. The first kappa shape index (κ1) is 25.6. The standard InChI is InChI=1S/C41H23N5O/c1-42-28-20-21-30-32-23-27(19-22-34(32)45(36(30)24-28)29-9-3-2-4-10-29)25-15-17-26(18-16-25)38-40-39(31-11-5-6-12-33(31)43-38)44-41-46(40)35-13-7-8-14-37(35)47-41/h2-24H. The van der Waals surface area contributed by atoms with Gasteiger partial charge in [0.05, 0.1) is 28.8 Å². The lowest BCUT2D eigenvalue weighted by Crippen LogP contribution is -1.93. The lowest BCUT2D eigenvalue weighted by atomic mass is 10.00. The third kappa shape index (κ3) is 3.71. The van der Waals surface area contributed by atoms with Crippen molar-refractivity contribution in [3.8, 4) is 28.1 Å². The van der Waals surface area contributed by atoms with Gasteiger partial charge in [0.1, 0.15) is 11.0 Å². The zero-order chi connectivity index (χ0) is 31.1. The van der Waals surface area contributed by atoms with Gasteiger partial charge in [0.2, 0.25) is 0 Å². The number of nitrogens with zero attached hydrogens (tertiary/aromatic N) is 5. The van der Waals surface area contributed by atoms with E-state index in [-0.39, 0.29) is 0 Å². The van der Waals surface area contributed by atoms with Gasteiger partial charge in [0.15, 0.2) is 11.3 Å². The number of hydrogen-bond donors (Lipinski definition) is 0. The minimum Gasteiger partial charge on any atom is -0.423 e. The van der Waals surface area contributed by atoms with Gasteiger partial charge in [0, 0.05) is 32.9 Å². The van der Waals surface area contributed by atoms with E-state index in [9.17, 15) is 0 Å². The van der Waals surface area contributed by atoms with Crippen LogP contribution in [0.5, 0.6) is 0 Å². The molecule has 6 nitrogen and oxygen atoms in total. The van der Waals surface area contributed by atoms with E-state index in [2.05, 4.69) is 86.6 Å². The Labute approximate surface area is 268 Å². The molecule has 0 aliphatic carbocycles. The molecule has 218 valence electrons. The molecule has 0 atom stereocenters. The van der Waals surface area contributed by atoms with Crippen LogP contribution in [0.15, 0.2) is 144 Å². The minimum absolute atomic E-state index is 0.559. The van der Waals surface area contributed by atoms with Gasteiger partial charge in [-0.3, -0.25) is 4.40 Å². The molecule has 0 bridgehead atoms. The van der Waals surface area contributed by atoms with E-state index >= 15 is 0 Å². The van der Waals surface area contributed by atoms with Gasteiger partial charge < -0.3 is 8.98 Å². The number of benzene rings is 6. The number of para-hydroxylation sites is 4. The van der Waals surface area contributed by atoms with Crippen LogP contribution >= 0.6 is 0 Å². The molecule has 0 radical (unpaired) electrons. The van der Waals surface area contributed by atoms with Gasteiger partial charge in [-0.05, 0) is 59.7 Å². The van der Waals surface area contributed by atoms with Gasteiger partial charge in [0.25, 0.3) is 0 Å². The lowest BCUT2D eigenvalue weighted by Gasteiger charge is -2.10. The number of oxazole rings is 1. The summed E-state index contributed by atoms with van der Waals surface area (Å²) in [7, 11) is 0. The van der Waals surface area contributed by atoms with Crippen molar-refractivity contribution in [2.75, 3.05) is 0 Å². The monoisotopic (exact) mass is 601 g/mol. The molecule has 0 amide bonds. The maximum Gasteiger partial charge on any atom is 0.307 e. The van der Waals surface area contributed by atoms with Crippen LogP contribution in [-0.4, -0.2) is 18.9 Å². The van der Waals surface area contributed by atoms with E-state index in [4.69, 9.17) is 21.0 Å². The first-order valence-corrected chi connectivity index (χ1v) is 15.5. The second-order valence-electron chi connectivity index (χ2n) is 11.8. The predicted molar refractivity (Wildman–Crippen MR) is 189 cm³/mol. The van der Waals surface area contributed by atoms with Gasteiger partial charge in [-0.2, -0.15) is 4.98 Å². The molecule has 6 heteroatoms. The highest BCUT2D eigenvalue weighted by molar-refractivity contribution is 6.12. The van der Waals surface area contributed by atoms with Crippen molar-refractivity contribution < 1.29 is 4.42 Å². The Balaban J connectivity index is 1.15. The summed E-state index contributed by atoms with van der Waals surface area (Å²) in [6, 6.07) is 47.7. The average molecular weight is 602 g/mol. The Morgan fingerprint density at radius 1 is 0.574 bits per heavy atom. The maximum absolute atomic E-state index is 7.60.